The topological polar surface area (TPSA) is 80.9 Å². The Kier molecular flexibility index (Phi) is 67.3. The molecule has 0 atom stereocenters. The molecule has 0 aliphatic carbocycles. The Hall–Kier alpha value is -0.160. The van der Waals surface area contributed by atoms with Crippen LogP contribution in [-0.2, 0) is 0 Å². The predicted molar refractivity (Wildman–Crippen MR) is 74.1 cm³/mol. The first-order valence-electron chi connectivity index (χ1n) is 6.52. The van der Waals surface area contributed by atoms with Crippen molar-refractivity contribution < 1.29 is 20.4 Å². The molecule has 4 nitrogen and oxygen atoms in total. The molecule has 0 saturated carbocycles. The van der Waals surface area contributed by atoms with Gasteiger partial charge in [0.05, 0.1) is 0 Å². The van der Waals surface area contributed by atoms with Crippen molar-refractivity contribution in [1.82, 2.24) is 0 Å². The average molecular weight is 254 g/mol. The molecular formula is C13H34O4. The van der Waals surface area contributed by atoms with Crippen molar-refractivity contribution in [2.45, 2.75) is 59.3 Å². The standard InChI is InChI=1S/3C4H10O.CH4O/c3*1-2-3-4-5;1-2/h3*5H,2-4H2,1H3;2H,1H3. The third-order valence-corrected chi connectivity index (χ3v) is 1.54. The summed E-state index contributed by atoms with van der Waals surface area (Å²) in [4.78, 5) is 0. The first-order valence-corrected chi connectivity index (χ1v) is 6.52. The van der Waals surface area contributed by atoms with Gasteiger partial charge in [0.1, 0.15) is 0 Å². The monoisotopic (exact) mass is 254 g/mol. The Bertz CT molecular complexity index is 50.2. The van der Waals surface area contributed by atoms with E-state index in [4.69, 9.17) is 20.4 Å². The molecule has 0 bridgehead atoms. The molecule has 0 fully saturated rings. The molecular weight excluding hydrogens is 220 g/mol. The fraction of sp³-hybridized carbons (Fsp3) is 1.00. The Morgan fingerprint density at radius 3 is 0.706 bits per heavy atom. The van der Waals surface area contributed by atoms with Gasteiger partial charge in [-0.2, -0.15) is 0 Å². The van der Waals surface area contributed by atoms with E-state index in [2.05, 4.69) is 20.8 Å². The van der Waals surface area contributed by atoms with E-state index in [9.17, 15) is 0 Å². The third kappa shape index (κ3) is 89.0. The fourth-order valence-corrected chi connectivity index (χ4v) is 0.474. The van der Waals surface area contributed by atoms with Crippen LogP contribution in [0.1, 0.15) is 59.3 Å². The van der Waals surface area contributed by atoms with Crippen molar-refractivity contribution in [3.05, 3.63) is 0 Å². The van der Waals surface area contributed by atoms with E-state index in [0.29, 0.717) is 19.8 Å². The zero-order valence-electron chi connectivity index (χ0n) is 12.2. The van der Waals surface area contributed by atoms with Crippen LogP contribution in [0.5, 0.6) is 0 Å². The lowest BCUT2D eigenvalue weighted by atomic mass is 10.4. The van der Waals surface area contributed by atoms with E-state index in [1.807, 2.05) is 0 Å². The maximum atomic E-state index is 8.07. The second-order valence-electron chi connectivity index (χ2n) is 3.23. The van der Waals surface area contributed by atoms with E-state index in [0.717, 1.165) is 45.6 Å². The summed E-state index contributed by atoms with van der Waals surface area (Å²) in [6.07, 6.45) is 6.11. The maximum Gasteiger partial charge on any atom is 0.0430 e. The summed E-state index contributed by atoms with van der Waals surface area (Å²) in [7, 11) is 1.00. The van der Waals surface area contributed by atoms with Crippen molar-refractivity contribution in [1.29, 1.82) is 0 Å². The number of aliphatic hydroxyl groups is 4. The number of unbranched alkanes of at least 4 members (excludes halogenated alkanes) is 3. The molecule has 4 heteroatoms. The molecule has 0 aromatic rings. The van der Waals surface area contributed by atoms with Gasteiger partial charge in [0, 0.05) is 26.9 Å². The highest BCUT2D eigenvalue weighted by molar-refractivity contribution is 4.24. The normalized spacial score (nSPS) is 7.76. The summed E-state index contributed by atoms with van der Waals surface area (Å²) in [5, 5.41) is 31.2. The number of hydrogen-bond acceptors (Lipinski definition) is 4. The lowest BCUT2D eigenvalue weighted by molar-refractivity contribution is 0.286. The van der Waals surface area contributed by atoms with Crippen LogP contribution in [0, 0.1) is 0 Å². The first kappa shape index (κ1) is 25.6. The molecule has 0 saturated heterocycles. The molecule has 0 spiro atoms. The van der Waals surface area contributed by atoms with Gasteiger partial charge in [-0.15, -0.1) is 0 Å². The quantitative estimate of drug-likeness (QED) is 0.584. The van der Waals surface area contributed by atoms with Crippen molar-refractivity contribution in [2.75, 3.05) is 26.9 Å². The molecule has 4 N–H and O–H groups in total. The SMILES string of the molecule is CCCCO.CCCCO.CCCCO.CO. The molecule has 0 aromatic carbocycles. The number of hydrogen-bond donors (Lipinski definition) is 4. The van der Waals surface area contributed by atoms with Gasteiger partial charge in [0.25, 0.3) is 0 Å². The molecule has 0 heterocycles. The summed E-state index contributed by atoms with van der Waals surface area (Å²) >= 11 is 0. The summed E-state index contributed by atoms with van der Waals surface area (Å²) in [6.45, 7) is 7.19. The van der Waals surface area contributed by atoms with Crippen molar-refractivity contribution in [2.24, 2.45) is 0 Å². The van der Waals surface area contributed by atoms with E-state index in [-0.39, 0.29) is 0 Å². The van der Waals surface area contributed by atoms with Gasteiger partial charge < -0.3 is 20.4 Å². The van der Waals surface area contributed by atoms with Gasteiger partial charge in [-0.1, -0.05) is 40.0 Å². The molecule has 110 valence electrons. The Morgan fingerprint density at radius 1 is 0.529 bits per heavy atom. The molecule has 0 aliphatic heterocycles. The molecule has 0 aromatic heterocycles. The zero-order valence-corrected chi connectivity index (χ0v) is 12.2. The zero-order chi connectivity index (χ0) is 14.4. The second-order valence-corrected chi connectivity index (χ2v) is 3.23. The van der Waals surface area contributed by atoms with Crippen LogP contribution in [0.2, 0.25) is 0 Å². The molecule has 0 radical (unpaired) electrons. The van der Waals surface area contributed by atoms with E-state index < -0.39 is 0 Å². The van der Waals surface area contributed by atoms with Gasteiger partial charge in [-0.3, -0.25) is 0 Å². The van der Waals surface area contributed by atoms with E-state index in [1.165, 1.54) is 0 Å². The minimum absolute atomic E-state index is 0.344. The van der Waals surface area contributed by atoms with Crippen LogP contribution >= 0.6 is 0 Å². The molecule has 0 aliphatic rings. The van der Waals surface area contributed by atoms with Gasteiger partial charge in [0.2, 0.25) is 0 Å². The Balaban J connectivity index is -0.0000000693. The summed E-state index contributed by atoms with van der Waals surface area (Å²) in [5.74, 6) is 0. The van der Waals surface area contributed by atoms with E-state index >= 15 is 0 Å². The van der Waals surface area contributed by atoms with Crippen LogP contribution in [-0.4, -0.2) is 47.4 Å². The number of aliphatic hydroxyl groups excluding tert-OH is 4. The smallest absolute Gasteiger partial charge is 0.0430 e. The molecule has 0 rings (SSSR count). The Morgan fingerprint density at radius 2 is 0.706 bits per heavy atom. The lowest BCUT2D eigenvalue weighted by Gasteiger charge is -1.79. The minimum Gasteiger partial charge on any atom is -0.400 e. The minimum atomic E-state index is 0.344. The average Bonchev–Trinajstić information content (AvgIpc) is 2.36. The van der Waals surface area contributed by atoms with E-state index in [1.54, 1.807) is 0 Å². The van der Waals surface area contributed by atoms with Crippen LogP contribution in [0.4, 0.5) is 0 Å². The van der Waals surface area contributed by atoms with Crippen molar-refractivity contribution >= 4 is 0 Å². The van der Waals surface area contributed by atoms with Gasteiger partial charge in [-0.05, 0) is 19.3 Å². The highest BCUT2D eigenvalue weighted by Gasteiger charge is 1.70. The van der Waals surface area contributed by atoms with Crippen LogP contribution in [0.25, 0.3) is 0 Å². The van der Waals surface area contributed by atoms with Crippen molar-refractivity contribution in [3.8, 4) is 0 Å². The van der Waals surface area contributed by atoms with Crippen LogP contribution in [0.3, 0.4) is 0 Å². The second kappa shape index (κ2) is 44.6. The third-order valence-electron chi connectivity index (χ3n) is 1.54. The number of rotatable bonds is 6. The molecule has 17 heavy (non-hydrogen) atoms. The summed E-state index contributed by atoms with van der Waals surface area (Å²) in [5.41, 5.74) is 0. The van der Waals surface area contributed by atoms with Crippen LogP contribution in [0.15, 0.2) is 0 Å². The highest BCUT2D eigenvalue weighted by Crippen LogP contribution is 1.79. The van der Waals surface area contributed by atoms with Crippen molar-refractivity contribution in [3.63, 3.8) is 0 Å². The lowest BCUT2D eigenvalue weighted by Crippen LogP contribution is -1.75. The predicted octanol–water partition coefficient (Wildman–Crippen LogP) is 1.94. The van der Waals surface area contributed by atoms with Gasteiger partial charge in [-0.25, -0.2) is 0 Å². The van der Waals surface area contributed by atoms with Gasteiger partial charge in [0.15, 0.2) is 0 Å². The molecule has 0 unspecified atom stereocenters. The Labute approximate surface area is 107 Å². The largest absolute Gasteiger partial charge is 0.400 e. The highest BCUT2D eigenvalue weighted by atomic mass is 16.3. The van der Waals surface area contributed by atoms with Gasteiger partial charge >= 0.3 is 0 Å². The van der Waals surface area contributed by atoms with Crippen LogP contribution < -0.4 is 0 Å². The fourth-order valence-electron chi connectivity index (χ4n) is 0.474. The summed E-state index contributed by atoms with van der Waals surface area (Å²) in [6, 6.07) is 0. The molecule has 0 amide bonds. The first-order chi connectivity index (χ1) is 8.24. The summed E-state index contributed by atoms with van der Waals surface area (Å²) < 4.78 is 0. The maximum absolute atomic E-state index is 8.07.